The van der Waals surface area contributed by atoms with E-state index in [1.165, 1.54) is 28.0 Å². The van der Waals surface area contributed by atoms with Gasteiger partial charge in [-0.25, -0.2) is 22.9 Å². The summed E-state index contributed by atoms with van der Waals surface area (Å²) in [6, 6.07) is 12.7. The SMILES string of the molecule is CCOc1ccc(-n2c(=O)c3c(C)c(C)sc3n(CC(=O)NCCc3ccc(S(N)(=O)=O)cc3)c2=O)cc1. The Morgan fingerprint density at radius 3 is 2.32 bits per heavy atom. The summed E-state index contributed by atoms with van der Waals surface area (Å²) in [5, 5.41) is 8.32. The molecule has 4 rings (SSSR count). The van der Waals surface area contributed by atoms with Crippen LogP contribution < -0.4 is 26.4 Å². The van der Waals surface area contributed by atoms with Gasteiger partial charge in [0.15, 0.2) is 0 Å². The summed E-state index contributed by atoms with van der Waals surface area (Å²) < 4.78 is 30.7. The monoisotopic (exact) mass is 556 g/mol. The van der Waals surface area contributed by atoms with Crippen molar-refractivity contribution in [2.24, 2.45) is 5.14 Å². The minimum Gasteiger partial charge on any atom is -0.494 e. The fourth-order valence-electron chi connectivity index (χ4n) is 4.07. The Balaban J connectivity index is 1.60. The van der Waals surface area contributed by atoms with Crippen molar-refractivity contribution in [1.82, 2.24) is 14.5 Å². The van der Waals surface area contributed by atoms with E-state index in [-0.39, 0.29) is 18.0 Å². The zero-order valence-electron chi connectivity index (χ0n) is 21.2. The van der Waals surface area contributed by atoms with Gasteiger partial charge in [0.25, 0.3) is 5.56 Å². The smallest absolute Gasteiger partial charge is 0.337 e. The number of hydrogen-bond donors (Lipinski definition) is 2. The van der Waals surface area contributed by atoms with E-state index in [1.54, 1.807) is 36.4 Å². The van der Waals surface area contributed by atoms with Gasteiger partial charge in [-0.05, 0) is 74.7 Å². The van der Waals surface area contributed by atoms with Gasteiger partial charge in [-0.2, -0.15) is 0 Å². The van der Waals surface area contributed by atoms with Crippen molar-refractivity contribution >= 4 is 37.5 Å². The van der Waals surface area contributed by atoms with Crippen molar-refractivity contribution in [2.75, 3.05) is 13.2 Å². The Morgan fingerprint density at radius 1 is 1.05 bits per heavy atom. The molecule has 0 radical (unpaired) electrons. The van der Waals surface area contributed by atoms with Gasteiger partial charge < -0.3 is 10.1 Å². The Labute approximate surface area is 223 Å². The van der Waals surface area contributed by atoms with Crippen molar-refractivity contribution in [2.45, 2.75) is 38.6 Å². The molecule has 2 heterocycles. The molecule has 4 aromatic rings. The lowest BCUT2D eigenvalue weighted by Crippen LogP contribution is -2.41. The molecule has 0 saturated heterocycles. The van der Waals surface area contributed by atoms with E-state index in [0.717, 1.165) is 20.6 Å². The number of carbonyl (C=O) groups is 1. The maximum atomic E-state index is 13.5. The lowest BCUT2D eigenvalue weighted by atomic mass is 10.1. The molecule has 12 heteroatoms. The van der Waals surface area contributed by atoms with E-state index in [2.05, 4.69) is 5.32 Å². The molecule has 2 aromatic carbocycles. The first-order valence-corrected chi connectivity index (χ1v) is 14.2. The zero-order chi connectivity index (χ0) is 27.6. The summed E-state index contributed by atoms with van der Waals surface area (Å²) in [6.07, 6.45) is 0.448. The van der Waals surface area contributed by atoms with Crippen LogP contribution in [-0.2, 0) is 27.8 Å². The summed E-state index contributed by atoms with van der Waals surface area (Å²) in [4.78, 5) is 41.2. The van der Waals surface area contributed by atoms with E-state index in [4.69, 9.17) is 9.88 Å². The number of rotatable bonds is 9. The number of benzene rings is 2. The summed E-state index contributed by atoms with van der Waals surface area (Å²) in [6.45, 7) is 6.05. The Kier molecular flexibility index (Phi) is 7.86. The highest BCUT2D eigenvalue weighted by Crippen LogP contribution is 2.27. The second-order valence-corrected chi connectivity index (χ2v) is 11.5. The van der Waals surface area contributed by atoms with Crippen LogP contribution in [0.2, 0.25) is 0 Å². The molecule has 38 heavy (non-hydrogen) atoms. The molecule has 0 aliphatic heterocycles. The van der Waals surface area contributed by atoms with Crippen molar-refractivity contribution in [3.8, 4) is 11.4 Å². The first-order valence-electron chi connectivity index (χ1n) is 11.9. The van der Waals surface area contributed by atoms with E-state index in [0.29, 0.717) is 34.7 Å². The minimum atomic E-state index is -3.77. The van der Waals surface area contributed by atoms with Crippen molar-refractivity contribution < 1.29 is 17.9 Å². The van der Waals surface area contributed by atoms with Crippen LogP contribution in [0.4, 0.5) is 0 Å². The quantitative estimate of drug-likeness (QED) is 0.324. The molecule has 0 aliphatic rings. The zero-order valence-corrected chi connectivity index (χ0v) is 22.8. The lowest BCUT2D eigenvalue weighted by Gasteiger charge is -2.13. The van der Waals surface area contributed by atoms with Gasteiger partial charge in [0.1, 0.15) is 17.1 Å². The van der Waals surface area contributed by atoms with E-state index >= 15 is 0 Å². The number of hydrogen-bond acceptors (Lipinski definition) is 7. The van der Waals surface area contributed by atoms with Gasteiger partial charge in [-0.15, -0.1) is 11.3 Å². The maximum absolute atomic E-state index is 13.5. The second kappa shape index (κ2) is 10.9. The normalized spacial score (nSPS) is 11.6. The number of amides is 1. The summed E-state index contributed by atoms with van der Waals surface area (Å²) >= 11 is 1.30. The predicted octanol–water partition coefficient (Wildman–Crippen LogP) is 2.24. The van der Waals surface area contributed by atoms with Crippen LogP contribution in [0.3, 0.4) is 0 Å². The molecular weight excluding hydrogens is 528 g/mol. The van der Waals surface area contributed by atoms with E-state index < -0.39 is 27.2 Å². The van der Waals surface area contributed by atoms with Crippen molar-refractivity contribution in [1.29, 1.82) is 0 Å². The van der Waals surface area contributed by atoms with Crippen LogP contribution in [0.15, 0.2) is 63.0 Å². The van der Waals surface area contributed by atoms with Gasteiger partial charge >= 0.3 is 5.69 Å². The number of sulfonamides is 1. The van der Waals surface area contributed by atoms with E-state index in [9.17, 15) is 22.8 Å². The number of nitrogens with zero attached hydrogens (tertiary/aromatic N) is 2. The number of aromatic nitrogens is 2. The third-order valence-corrected chi connectivity index (χ3v) is 8.31. The molecule has 200 valence electrons. The first kappa shape index (κ1) is 27.3. The molecule has 0 fully saturated rings. The van der Waals surface area contributed by atoms with Crippen LogP contribution in [0.1, 0.15) is 22.9 Å². The Bertz CT molecular complexity index is 1720. The minimum absolute atomic E-state index is 0.0119. The number of ether oxygens (including phenoxy) is 1. The first-order chi connectivity index (χ1) is 18.0. The highest BCUT2D eigenvalue weighted by Gasteiger charge is 2.21. The number of nitrogens with one attached hydrogen (secondary N) is 1. The van der Waals surface area contributed by atoms with Gasteiger partial charge in [0.05, 0.1) is 22.6 Å². The van der Waals surface area contributed by atoms with Gasteiger partial charge in [-0.1, -0.05) is 12.1 Å². The number of thiophene rings is 1. The van der Waals surface area contributed by atoms with Crippen molar-refractivity contribution in [3.63, 3.8) is 0 Å². The summed E-state index contributed by atoms with van der Waals surface area (Å²) in [5.41, 5.74) is 0.917. The number of aryl methyl sites for hydroxylation is 2. The van der Waals surface area contributed by atoms with Crippen molar-refractivity contribution in [3.05, 3.63) is 85.4 Å². The average molecular weight is 557 g/mol. The molecular formula is C26H28N4O6S2. The Hall–Kier alpha value is -3.74. The number of nitrogens with two attached hydrogens (primary N) is 1. The highest BCUT2D eigenvalue weighted by atomic mass is 32.2. The fourth-order valence-corrected chi connectivity index (χ4v) is 5.73. The highest BCUT2D eigenvalue weighted by molar-refractivity contribution is 7.89. The Morgan fingerprint density at radius 2 is 1.71 bits per heavy atom. The predicted molar refractivity (Wildman–Crippen MR) is 147 cm³/mol. The van der Waals surface area contributed by atoms with Crippen LogP contribution in [-0.4, -0.2) is 36.6 Å². The van der Waals surface area contributed by atoms with Gasteiger partial charge in [0, 0.05) is 11.4 Å². The van der Waals surface area contributed by atoms with E-state index in [1.807, 2.05) is 20.8 Å². The standard InChI is InChI=1S/C26H28N4O6S2/c1-4-36-20-9-7-19(8-10-20)30-24(32)23-16(2)17(3)37-25(23)29(26(30)33)15-22(31)28-14-13-18-5-11-21(12-6-18)38(27,34)35/h5-12H,4,13-15H2,1-3H3,(H,28,31)(H2,27,34,35). The second-order valence-electron chi connectivity index (χ2n) is 8.69. The molecule has 0 aliphatic carbocycles. The number of primary sulfonamides is 1. The lowest BCUT2D eigenvalue weighted by molar-refractivity contribution is -0.121. The maximum Gasteiger partial charge on any atom is 0.337 e. The molecule has 0 bridgehead atoms. The van der Waals surface area contributed by atoms with Crippen LogP contribution in [0.5, 0.6) is 5.75 Å². The average Bonchev–Trinajstić information content (AvgIpc) is 3.17. The number of carbonyl (C=O) groups excluding carboxylic acids is 1. The molecule has 1 amide bonds. The van der Waals surface area contributed by atoms with Gasteiger partial charge in [0.2, 0.25) is 15.9 Å². The fraction of sp³-hybridized carbons (Fsp3) is 0.269. The molecule has 0 spiro atoms. The van der Waals surface area contributed by atoms with Crippen LogP contribution >= 0.6 is 11.3 Å². The summed E-state index contributed by atoms with van der Waals surface area (Å²) in [7, 11) is -3.77. The molecule has 0 saturated carbocycles. The third-order valence-electron chi connectivity index (χ3n) is 6.15. The molecule has 3 N–H and O–H groups in total. The molecule has 10 nitrogen and oxygen atoms in total. The third kappa shape index (κ3) is 5.57. The summed E-state index contributed by atoms with van der Waals surface area (Å²) in [5.74, 6) is 0.224. The largest absolute Gasteiger partial charge is 0.494 e. The molecule has 0 atom stereocenters. The van der Waals surface area contributed by atoms with Crippen LogP contribution in [0, 0.1) is 13.8 Å². The molecule has 2 aromatic heterocycles. The van der Waals surface area contributed by atoms with Gasteiger partial charge in [-0.3, -0.25) is 14.2 Å². The topological polar surface area (TPSA) is 142 Å². The van der Waals surface area contributed by atoms with Crippen LogP contribution in [0.25, 0.3) is 15.9 Å². The molecule has 0 unspecified atom stereocenters. The number of fused-ring (bicyclic) bond motifs is 1.